The minimum atomic E-state index is 0.224. The number of allylic oxidation sites excluding steroid dienone is 1. The zero-order chi connectivity index (χ0) is 6.91. The van der Waals surface area contributed by atoms with E-state index in [1.54, 1.807) is 0 Å². The van der Waals surface area contributed by atoms with Crippen LogP contribution >= 0.6 is 11.6 Å². The van der Waals surface area contributed by atoms with Gasteiger partial charge in [-0.15, -0.1) is 18.2 Å². The van der Waals surface area contributed by atoms with Crippen LogP contribution in [0.3, 0.4) is 0 Å². The Morgan fingerprint density at radius 2 is 2.33 bits per heavy atom. The van der Waals surface area contributed by atoms with Crippen LogP contribution in [0.4, 0.5) is 0 Å². The molecule has 0 saturated heterocycles. The predicted molar refractivity (Wildman–Crippen MR) is 41.7 cm³/mol. The van der Waals surface area contributed by atoms with Gasteiger partial charge in [-0.25, -0.2) is 0 Å². The van der Waals surface area contributed by atoms with Crippen LogP contribution in [0, 0.1) is 11.3 Å². The minimum Gasteiger partial charge on any atom is -0.126 e. The van der Waals surface area contributed by atoms with Crippen molar-refractivity contribution in [3.8, 4) is 0 Å². The molecule has 0 amide bonds. The molecule has 1 atom stereocenters. The average Bonchev–Trinajstić information content (AvgIpc) is 2.68. The molecule has 0 N–H and O–H groups in total. The molecular weight excluding hydrogens is 132 g/mol. The summed E-state index contributed by atoms with van der Waals surface area (Å²) in [7, 11) is 0. The van der Waals surface area contributed by atoms with Crippen LogP contribution in [0.1, 0.15) is 19.8 Å². The maximum absolute atomic E-state index is 5.77. The minimum absolute atomic E-state index is 0.224. The van der Waals surface area contributed by atoms with E-state index in [4.69, 9.17) is 11.6 Å². The Morgan fingerprint density at radius 1 is 1.78 bits per heavy atom. The smallest absolute Gasteiger partial charge is 0.0314 e. The first-order valence-electron chi connectivity index (χ1n) is 3.42. The topological polar surface area (TPSA) is 0 Å². The molecule has 0 radical (unpaired) electrons. The Hall–Kier alpha value is 0.0300. The molecule has 0 spiro atoms. The van der Waals surface area contributed by atoms with Crippen molar-refractivity contribution in [1.82, 2.24) is 0 Å². The fourth-order valence-corrected chi connectivity index (χ4v) is 1.40. The molecule has 9 heavy (non-hydrogen) atoms. The van der Waals surface area contributed by atoms with Crippen LogP contribution in [0.2, 0.25) is 0 Å². The first kappa shape index (κ1) is 7.14. The summed E-state index contributed by atoms with van der Waals surface area (Å²) in [4.78, 5) is 0. The molecule has 1 unspecified atom stereocenters. The largest absolute Gasteiger partial charge is 0.126 e. The lowest BCUT2D eigenvalue weighted by Gasteiger charge is -2.21. The molecule has 0 heterocycles. The zero-order valence-electron chi connectivity index (χ0n) is 5.86. The van der Waals surface area contributed by atoms with Crippen molar-refractivity contribution < 1.29 is 0 Å². The van der Waals surface area contributed by atoms with Crippen molar-refractivity contribution in [1.29, 1.82) is 0 Å². The van der Waals surface area contributed by atoms with Gasteiger partial charge >= 0.3 is 0 Å². The Kier molecular flexibility index (Phi) is 1.85. The van der Waals surface area contributed by atoms with E-state index in [9.17, 15) is 0 Å². The van der Waals surface area contributed by atoms with Crippen LogP contribution in [-0.4, -0.2) is 5.88 Å². The van der Waals surface area contributed by atoms with Gasteiger partial charge in [0, 0.05) is 11.3 Å². The summed E-state index contributed by atoms with van der Waals surface area (Å²) in [5.74, 6) is 1.55. The molecule has 1 rings (SSSR count). The van der Waals surface area contributed by atoms with E-state index in [0.29, 0.717) is 0 Å². The van der Waals surface area contributed by atoms with Crippen LogP contribution in [0.25, 0.3) is 0 Å². The SMILES string of the molecule is C=CC(C)(CCl)C1CC1. The number of halogens is 1. The fourth-order valence-electron chi connectivity index (χ4n) is 1.07. The van der Waals surface area contributed by atoms with Gasteiger partial charge in [0.05, 0.1) is 0 Å². The van der Waals surface area contributed by atoms with Crippen molar-refractivity contribution in [2.75, 3.05) is 5.88 Å². The molecule has 1 aliphatic rings. The summed E-state index contributed by atoms with van der Waals surface area (Å²) in [6, 6.07) is 0. The predicted octanol–water partition coefficient (Wildman–Crippen LogP) is 2.83. The van der Waals surface area contributed by atoms with E-state index in [2.05, 4.69) is 13.5 Å². The molecule has 0 aliphatic heterocycles. The van der Waals surface area contributed by atoms with Gasteiger partial charge in [-0.1, -0.05) is 13.0 Å². The maximum Gasteiger partial charge on any atom is 0.0314 e. The summed E-state index contributed by atoms with van der Waals surface area (Å²) >= 11 is 5.77. The molecule has 0 aromatic carbocycles. The lowest BCUT2D eigenvalue weighted by atomic mass is 9.88. The Balaban J connectivity index is 2.53. The molecule has 1 aliphatic carbocycles. The molecule has 0 nitrogen and oxygen atoms in total. The summed E-state index contributed by atoms with van der Waals surface area (Å²) < 4.78 is 0. The Labute approximate surface area is 61.9 Å². The highest BCUT2D eigenvalue weighted by Gasteiger charge is 2.38. The van der Waals surface area contributed by atoms with Crippen LogP contribution in [0.15, 0.2) is 12.7 Å². The van der Waals surface area contributed by atoms with Crippen molar-refractivity contribution in [3.05, 3.63) is 12.7 Å². The van der Waals surface area contributed by atoms with Gasteiger partial charge in [0.1, 0.15) is 0 Å². The molecule has 1 heteroatoms. The average molecular weight is 145 g/mol. The van der Waals surface area contributed by atoms with E-state index in [0.717, 1.165) is 11.8 Å². The van der Waals surface area contributed by atoms with Gasteiger partial charge < -0.3 is 0 Å². The second-order valence-electron chi connectivity index (χ2n) is 3.12. The standard InChI is InChI=1S/C8H13Cl/c1-3-8(2,6-9)7-4-5-7/h3,7H,1,4-6H2,2H3. The van der Waals surface area contributed by atoms with Gasteiger partial charge in [0.2, 0.25) is 0 Å². The van der Waals surface area contributed by atoms with Gasteiger partial charge in [-0.05, 0) is 18.8 Å². The first-order chi connectivity index (χ1) is 4.23. The van der Waals surface area contributed by atoms with Gasteiger partial charge in [0.15, 0.2) is 0 Å². The molecule has 0 aromatic rings. The summed E-state index contributed by atoms with van der Waals surface area (Å²) in [5.41, 5.74) is 0.224. The number of hydrogen-bond donors (Lipinski definition) is 0. The summed E-state index contributed by atoms with van der Waals surface area (Å²) in [6.45, 7) is 5.97. The third kappa shape index (κ3) is 1.29. The zero-order valence-corrected chi connectivity index (χ0v) is 6.62. The molecule has 1 fully saturated rings. The third-order valence-corrected chi connectivity index (χ3v) is 2.84. The van der Waals surface area contributed by atoms with Crippen LogP contribution in [-0.2, 0) is 0 Å². The maximum atomic E-state index is 5.77. The second kappa shape index (κ2) is 2.34. The number of alkyl halides is 1. The quantitative estimate of drug-likeness (QED) is 0.422. The molecular formula is C8H13Cl. The third-order valence-electron chi connectivity index (χ3n) is 2.26. The lowest BCUT2D eigenvalue weighted by Crippen LogP contribution is -2.17. The highest BCUT2D eigenvalue weighted by atomic mass is 35.5. The highest BCUT2D eigenvalue weighted by Crippen LogP contribution is 2.46. The molecule has 52 valence electrons. The summed E-state index contributed by atoms with van der Waals surface area (Å²) in [5, 5.41) is 0. The molecule has 0 aromatic heterocycles. The Morgan fingerprint density at radius 3 is 2.44 bits per heavy atom. The van der Waals surface area contributed by atoms with E-state index in [-0.39, 0.29) is 5.41 Å². The van der Waals surface area contributed by atoms with E-state index in [1.807, 2.05) is 6.08 Å². The number of rotatable bonds is 3. The number of hydrogen-bond acceptors (Lipinski definition) is 0. The second-order valence-corrected chi connectivity index (χ2v) is 3.39. The van der Waals surface area contributed by atoms with E-state index in [1.165, 1.54) is 12.8 Å². The van der Waals surface area contributed by atoms with E-state index >= 15 is 0 Å². The van der Waals surface area contributed by atoms with E-state index < -0.39 is 0 Å². The van der Waals surface area contributed by atoms with Crippen molar-refractivity contribution >= 4 is 11.6 Å². The fraction of sp³-hybridized carbons (Fsp3) is 0.750. The van der Waals surface area contributed by atoms with Crippen molar-refractivity contribution in [2.45, 2.75) is 19.8 Å². The Bertz CT molecular complexity index is 116. The first-order valence-corrected chi connectivity index (χ1v) is 3.96. The van der Waals surface area contributed by atoms with Crippen molar-refractivity contribution in [3.63, 3.8) is 0 Å². The lowest BCUT2D eigenvalue weighted by molar-refractivity contribution is 0.418. The highest BCUT2D eigenvalue weighted by molar-refractivity contribution is 6.18. The van der Waals surface area contributed by atoms with Crippen LogP contribution < -0.4 is 0 Å². The van der Waals surface area contributed by atoms with Gasteiger partial charge in [-0.2, -0.15) is 0 Å². The molecule has 0 bridgehead atoms. The molecule has 1 saturated carbocycles. The monoisotopic (exact) mass is 144 g/mol. The van der Waals surface area contributed by atoms with Crippen molar-refractivity contribution in [2.24, 2.45) is 11.3 Å². The summed E-state index contributed by atoms with van der Waals surface area (Å²) in [6.07, 6.45) is 4.68. The van der Waals surface area contributed by atoms with Gasteiger partial charge in [0.25, 0.3) is 0 Å². The normalized spacial score (nSPS) is 25.1. The van der Waals surface area contributed by atoms with Crippen LogP contribution in [0.5, 0.6) is 0 Å². The van der Waals surface area contributed by atoms with Gasteiger partial charge in [-0.3, -0.25) is 0 Å².